The first kappa shape index (κ1) is 53.2. The molecule has 0 aliphatic heterocycles. The molecule has 14 heavy (non-hydrogen) atoms. The molecule has 0 unspecified atom stereocenters. The monoisotopic (exact) mass is 431 g/mol. The van der Waals surface area contributed by atoms with Crippen molar-refractivity contribution >= 4 is 0 Å². The first-order valence-corrected chi connectivity index (χ1v) is 4.34. The predicted molar refractivity (Wildman–Crippen MR) is 60.1 cm³/mol. The summed E-state index contributed by atoms with van der Waals surface area (Å²) in [5.41, 5.74) is 0. The molecule has 0 amide bonds. The van der Waals surface area contributed by atoms with Crippen LogP contribution in [0.1, 0.15) is 41.5 Å². The summed E-state index contributed by atoms with van der Waals surface area (Å²) < 4.78 is 0. The van der Waals surface area contributed by atoms with Gasteiger partial charge in [0.05, 0.1) is 0 Å². The topological polar surface area (TPSA) is 3.24 Å². The quantitative estimate of drug-likeness (QED) is 0.529. The van der Waals surface area contributed by atoms with Crippen LogP contribution in [0.3, 0.4) is 0 Å². The van der Waals surface area contributed by atoms with Crippen LogP contribution >= 0.6 is 0 Å². The van der Waals surface area contributed by atoms with E-state index in [1.807, 2.05) is 67.6 Å². The van der Waals surface area contributed by atoms with Crippen LogP contribution in [0.5, 0.6) is 0 Å². The SMILES string of the molecule is CC.CC.CC.CN(C)C.[CH3-].[Y].[Y].[Y]. The normalized spacial score (nSPS) is 3.86. The molecule has 0 aliphatic carbocycles. The smallest absolute Gasteiger partial charge is 0 e. The Morgan fingerprint density at radius 3 is 0.500 bits per heavy atom. The van der Waals surface area contributed by atoms with Gasteiger partial charge in [0.15, 0.2) is 0 Å². The minimum atomic E-state index is 0. The molecule has 85 valence electrons. The van der Waals surface area contributed by atoms with Gasteiger partial charge >= 0.3 is 0 Å². The van der Waals surface area contributed by atoms with Crippen LogP contribution in [0.2, 0.25) is 0 Å². The van der Waals surface area contributed by atoms with Crippen molar-refractivity contribution < 1.29 is 98.1 Å². The largest absolute Gasteiger partial charge is 0.358 e. The van der Waals surface area contributed by atoms with Gasteiger partial charge in [0, 0.05) is 98.1 Å². The molecule has 0 heterocycles. The molecular weight excluding hydrogens is 401 g/mol. The third kappa shape index (κ3) is 291. The Bertz CT molecular complexity index is 20.1. The van der Waals surface area contributed by atoms with Gasteiger partial charge in [0.25, 0.3) is 0 Å². The number of rotatable bonds is 0. The average Bonchev–Trinajstić information content (AvgIpc) is 1.98. The standard InChI is InChI=1S/C3H9N.3C2H6.CH3.3Y/c1-4(2)3;3*1-2;;;;/h1-3H3;3*1-2H3;1H3;;;/q;;;;-1;;;. The van der Waals surface area contributed by atoms with Gasteiger partial charge in [0.2, 0.25) is 0 Å². The van der Waals surface area contributed by atoms with Gasteiger partial charge in [-0.05, 0) is 21.1 Å². The van der Waals surface area contributed by atoms with E-state index in [4.69, 9.17) is 0 Å². The molecule has 1 nitrogen and oxygen atoms in total. The van der Waals surface area contributed by atoms with E-state index in [-0.39, 0.29) is 106 Å². The summed E-state index contributed by atoms with van der Waals surface area (Å²) >= 11 is 0. The Kier molecular flexibility index (Phi) is 367. The van der Waals surface area contributed by atoms with Gasteiger partial charge in [-0.25, -0.2) is 0 Å². The summed E-state index contributed by atoms with van der Waals surface area (Å²) in [5, 5.41) is 0. The first-order chi connectivity index (χ1) is 4.73. The summed E-state index contributed by atoms with van der Waals surface area (Å²) in [6.45, 7) is 12.0. The second-order valence-electron chi connectivity index (χ2n) is 1.34. The molecule has 0 fully saturated rings. The van der Waals surface area contributed by atoms with E-state index in [0.29, 0.717) is 0 Å². The van der Waals surface area contributed by atoms with Crippen molar-refractivity contribution in [1.29, 1.82) is 0 Å². The first-order valence-electron chi connectivity index (χ1n) is 4.34. The minimum Gasteiger partial charge on any atom is -0.358 e. The predicted octanol–water partition coefficient (Wildman–Crippen LogP) is 3.70. The summed E-state index contributed by atoms with van der Waals surface area (Å²) in [6, 6.07) is 0. The molecule has 0 saturated heterocycles. The molecule has 0 saturated carbocycles. The Hall–Kier alpha value is 3.27. The molecule has 0 rings (SSSR count). The van der Waals surface area contributed by atoms with Crippen molar-refractivity contribution in [2.24, 2.45) is 0 Å². The van der Waals surface area contributed by atoms with Crippen molar-refractivity contribution in [2.45, 2.75) is 41.5 Å². The van der Waals surface area contributed by atoms with E-state index in [1.54, 1.807) is 0 Å². The van der Waals surface area contributed by atoms with Gasteiger partial charge in [-0.15, -0.1) is 0 Å². The second kappa shape index (κ2) is 96.5. The number of hydrogen-bond acceptors (Lipinski definition) is 1. The summed E-state index contributed by atoms with van der Waals surface area (Å²) in [5.74, 6) is 0. The molecule has 0 aliphatic rings. The number of nitrogens with zero attached hydrogens (tertiary/aromatic N) is 1. The third-order valence-electron chi connectivity index (χ3n) is 0. The zero-order valence-corrected chi connectivity index (χ0v) is 20.7. The van der Waals surface area contributed by atoms with E-state index in [9.17, 15) is 0 Å². The van der Waals surface area contributed by atoms with Gasteiger partial charge < -0.3 is 12.3 Å². The van der Waals surface area contributed by atoms with Crippen molar-refractivity contribution in [2.75, 3.05) is 21.1 Å². The maximum Gasteiger partial charge on any atom is 0 e. The van der Waals surface area contributed by atoms with Crippen molar-refractivity contribution in [3.63, 3.8) is 0 Å². The molecular formula is C10H30NY3-. The fraction of sp³-hybridized carbons (Fsp3) is 0.900. The maximum atomic E-state index is 2.00. The summed E-state index contributed by atoms with van der Waals surface area (Å²) in [4.78, 5) is 2.00. The Labute approximate surface area is 170 Å². The molecule has 0 atom stereocenters. The van der Waals surface area contributed by atoms with Crippen LogP contribution < -0.4 is 0 Å². The fourth-order valence-electron chi connectivity index (χ4n) is 0. The number of hydrogen-bond donors (Lipinski definition) is 0. The Balaban J connectivity index is -0.00000000550. The van der Waals surface area contributed by atoms with Gasteiger partial charge in [-0.1, -0.05) is 41.5 Å². The minimum absolute atomic E-state index is 0. The van der Waals surface area contributed by atoms with Crippen molar-refractivity contribution in [3.8, 4) is 0 Å². The molecule has 0 aromatic rings. The summed E-state index contributed by atoms with van der Waals surface area (Å²) in [6.07, 6.45) is 0. The molecule has 0 bridgehead atoms. The molecule has 0 aromatic heterocycles. The van der Waals surface area contributed by atoms with Crippen molar-refractivity contribution in [3.05, 3.63) is 7.43 Å². The van der Waals surface area contributed by atoms with Crippen LogP contribution in [-0.4, -0.2) is 26.0 Å². The zero-order valence-electron chi connectivity index (χ0n) is 12.2. The van der Waals surface area contributed by atoms with Crippen LogP contribution in [0, 0.1) is 7.43 Å². The van der Waals surface area contributed by atoms with E-state index in [0.717, 1.165) is 0 Å². The Morgan fingerprint density at radius 2 is 0.500 bits per heavy atom. The van der Waals surface area contributed by atoms with Crippen LogP contribution in [0.15, 0.2) is 0 Å². The second-order valence-corrected chi connectivity index (χ2v) is 1.34. The molecule has 0 aromatic carbocycles. The van der Waals surface area contributed by atoms with Crippen molar-refractivity contribution in [1.82, 2.24) is 4.90 Å². The van der Waals surface area contributed by atoms with Gasteiger partial charge in [0.1, 0.15) is 0 Å². The molecule has 0 N–H and O–H groups in total. The van der Waals surface area contributed by atoms with Gasteiger partial charge in [-0.2, -0.15) is 0 Å². The molecule has 0 spiro atoms. The Morgan fingerprint density at radius 1 is 0.500 bits per heavy atom. The molecule has 4 heteroatoms. The van der Waals surface area contributed by atoms with Crippen LogP contribution in [-0.2, 0) is 98.1 Å². The average molecular weight is 431 g/mol. The van der Waals surface area contributed by atoms with E-state index in [2.05, 4.69) is 0 Å². The fourth-order valence-corrected chi connectivity index (χ4v) is 0. The third-order valence-corrected chi connectivity index (χ3v) is 0. The summed E-state index contributed by atoms with van der Waals surface area (Å²) in [7, 11) is 6.00. The van der Waals surface area contributed by atoms with Crippen LogP contribution in [0.25, 0.3) is 0 Å². The van der Waals surface area contributed by atoms with E-state index in [1.165, 1.54) is 0 Å². The zero-order chi connectivity index (χ0) is 9.58. The van der Waals surface area contributed by atoms with Crippen LogP contribution in [0.4, 0.5) is 0 Å². The van der Waals surface area contributed by atoms with E-state index >= 15 is 0 Å². The molecule has 3 radical (unpaired) electrons. The van der Waals surface area contributed by atoms with Gasteiger partial charge in [-0.3, -0.25) is 0 Å². The maximum absolute atomic E-state index is 2.00. The van der Waals surface area contributed by atoms with E-state index < -0.39 is 0 Å².